The van der Waals surface area contributed by atoms with Gasteiger partial charge in [0.15, 0.2) is 5.82 Å². The van der Waals surface area contributed by atoms with Gasteiger partial charge in [0.25, 0.3) is 0 Å². The van der Waals surface area contributed by atoms with Crippen LogP contribution in [0.1, 0.15) is 0 Å². The average Bonchev–Trinajstić information content (AvgIpc) is 3.76. The van der Waals surface area contributed by atoms with Crippen molar-refractivity contribution in [1.29, 1.82) is 0 Å². The minimum absolute atomic E-state index is 0.683. The highest BCUT2D eigenvalue weighted by Gasteiger charge is 2.15. The van der Waals surface area contributed by atoms with Crippen LogP contribution in [0.25, 0.3) is 117 Å². The number of para-hydroxylation sites is 2. The average molecular weight is 854 g/mol. The zero-order valence-corrected chi connectivity index (χ0v) is 36.7. The summed E-state index contributed by atoms with van der Waals surface area (Å²) in [4.78, 5) is 10.5. The number of nitrogens with zero attached hydrogens (tertiary/aromatic N) is 3. The van der Waals surface area contributed by atoms with E-state index in [-0.39, 0.29) is 0 Å². The highest BCUT2D eigenvalue weighted by molar-refractivity contribution is 6.09. The normalized spacial score (nSPS) is 11.3. The molecule has 0 unspecified atom stereocenters. The molecule has 67 heavy (non-hydrogen) atoms. The summed E-state index contributed by atoms with van der Waals surface area (Å²) in [6.45, 7) is 0. The third kappa shape index (κ3) is 7.79. The molecule has 0 fully saturated rings. The Hall–Kier alpha value is -8.92. The molecule has 12 rings (SSSR count). The molecule has 0 N–H and O–H groups in total. The molecule has 2 aromatic heterocycles. The molecular formula is C64H43N3. The van der Waals surface area contributed by atoms with E-state index >= 15 is 0 Å². The number of hydrogen-bond acceptors (Lipinski definition) is 2. The highest BCUT2D eigenvalue weighted by Crippen LogP contribution is 2.36. The van der Waals surface area contributed by atoms with Gasteiger partial charge in [-0.25, -0.2) is 9.97 Å². The summed E-state index contributed by atoms with van der Waals surface area (Å²) in [5.74, 6) is 0.683. The minimum Gasteiger partial charge on any atom is -0.309 e. The van der Waals surface area contributed by atoms with Crippen molar-refractivity contribution < 1.29 is 0 Å². The van der Waals surface area contributed by atoms with Crippen molar-refractivity contribution in [2.75, 3.05) is 0 Å². The topological polar surface area (TPSA) is 30.7 Å². The van der Waals surface area contributed by atoms with Gasteiger partial charge in [-0.3, -0.25) is 0 Å². The molecule has 12 aromatic rings. The van der Waals surface area contributed by atoms with E-state index < -0.39 is 0 Å². The molecule has 0 radical (unpaired) electrons. The fourth-order valence-corrected chi connectivity index (χ4v) is 9.42. The van der Waals surface area contributed by atoms with Crippen LogP contribution < -0.4 is 0 Å². The molecule has 3 nitrogen and oxygen atoms in total. The van der Waals surface area contributed by atoms with Crippen LogP contribution in [-0.4, -0.2) is 14.5 Å². The standard InChI is InChI=1S/C64H43N3/c1-3-15-44(16-4-1)50-19-11-22-53(39-50)54-23-12-20-51(40-54)46-31-35-48(36-32-46)60-43-61(66-64(65-60)56-25-13-21-52(41-56)45-17-5-2-6-18-45)49-37-33-47(34-38-49)55-24-14-26-57(42-55)67-62-29-9-7-27-58(62)59-28-8-10-30-63(59)67/h1-43H. The predicted octanol–water partition coefficient (Wildman–Crippen LogP) is 16.9. The van der Waals surface area contributed by atoms with Crippen LogP contribution in [0, 0.1) is 0 Å². The first-order chi connectivity index (χ1) is 33.2. The fourth-order valence-electron chi connectivity index (χ4n) is 9.42. The Morgan fingerprint density at radius 1 is 0.224 bits per heavy atom. The first-order valence-corrected chi connectivity index (χ1v) is 22.8. The summed E-state index contributed by atoms with van der Waals surface area (Å²) in [5, 5.41) is 2.51. The third-order valence-electron chi connectivity index (χ3n) is 12.8. The number of benzene rings is 10. The Balaban J connectivity index is 0.891. The SMILES string of the molecule is c1ccc(-c2cccc(-c3cccc(-c4ccc(-c5cc(-c6ccc(-c7cccc(-n8c9ccccc9c9ccccc98)c7)cc6)nc(-c6cccc(-c7ccccc7)c6)n5)cc4)c3)c2)cc1. The van der Waals surface area contributed by atoms with Gasteiger partial charge in [0.1, 0.15) is 0 Å². The Kier molecular flexibility index (Phi) is 10.2. The quantitative estimate of drug-likeness (QED) is 0.145. The summed E-state index contributed by atoms with van der Waals surface area (Å²) in [6.07, 6.45) is 0. The first kappa shape index (κ1) is 39.7. The minimum atomic E-state index is 0.683. The zero-order valence-electron chi connectivity index (χ0n) is 36.7. The number of rotatable bonds is 9. The summed E-state index contributed by atoms with van der Waals surface area (Å²) in [6, 6.07) is 93.0. The van der Waals surface area contributed by atoms with Crippen LogP contribution in [0.4, 0.5) is 0 Å². The van der Waals surface area contributed by atoms with Crippen LogP contribution in [-0.2, 0) is 0 Å². The van der Waals surface area contributed by atoms with Gasteiger partial charge in [0.2, 0.25) is 0 Å². The lowest BCUT2D eigenvalue weighted by molar-refractivity contribution is 1.18. The Morgan fingerprint density at radius 3 is 1.03 bits per heavy atom. The number of aromatic nitrogens is 3. The van der Waals surface area contributed by atoms with Crippen molar-refractivity contribution in [3.8, 4) is 95.2 Å². The molecule has 3 heteroatoms. The van der Waals surface area contributed by atoms with Crippen LogP contribution in [0.3, 0.4) is 0 Å². The van der Waals surface area contributed by atoms with E-state index in [4.69, 9.17) is 9.97 Å². The molecule has 0 aliphatic heterocycles. The monoisotopic (exact) mass is 853 g/mol. The highest BCUT2D eigenvalue weighted by atomic mass is 15.0. The number of fused-ring (bicyclic) bond motifs is 3. The summed E-state index contributed by atoms with van der Waals surface area (Å²) < 4.78 is 2.37. The Morgan fingerprint density at radius 2 is 0.552 bits per heavy atom. The van der Waals surface area contributed by atoms with Crippen molar-refractivity contribution in [1.82, 2.24) is 14.5 Å². The van der Waals surface area contributed by atoms with Crippen molar-refractivity contribution in [3.63, 3.8) is 0 Å². The summed E-state index contributed by atoms with van der Waals surface area (Å²) in [7, 11) is 0. The lowest BCUT2D eigenvalue weighted by Gasteiger charge is -2.12. The van der Waals surface area contributed by atoms with E-state index in [1.165, 1.54) is 44.1 Å². The van der Waals surface area contributed by atoms with Gasteiger partial charge in [0.05, 0.1) is 22.4 Å². The van der Waals surface area contributed by atoms with E-state index in [0.29, 0.717) is 5.82 Å². The lowest BCUT2D eigenvalue weighted by atomic mass is 9.95. The van der Waals surface area contributed by atoms with E-state index in [1.807, 2.05) is 6.07 Å². The van der Waals surface area contributed by atoms with Gasteiger partial charge < -0.3 is 4.57 Å². The second-order valence-electron chi connectivity index (χ2n) is 17.0. The fraction of sp³-hybridized carbons (Fsp3) is 0. The van der Waals surface area contributed by atoms with Gasteiger partial charge in [-0.15, -0.1) is 0 Å². The lowest BCUT2D eigenvalue weighted by Crippen LogP contribution is -1.96. The van der Waals surface area contributed by atoms with E-state index in [9.17, 15) is 0 Å². The molecule has 0 saturated heterocycles. The van der Waals surface area contributed by atoms with Gasteiger partial charge in [-0.2, -0.15) is 0 Å². The molecule has 0 aliphatic rings. The van der Waals surface area contributed by atoms with Crippen LogP contribution in [0.5, 0.6) is 0 Å². The van der Waals surface area contributed by atoms with Crippen LogP contribution in [0.2, 0.25) is 0 Å². The molecule has 0 atom stereocenters. The molecule has 0 amide bonds. The van der Waals surface area contributed by atoms with Gasteiger partial charge in [0, 0.05) is 33.2 Å². The second-order valence-corrected chi connectivity index (χ2v) is 17.0. The second kappa shape index (κ2) is 17.2. The van der Waals surface area contributed by atoms with Crippen molar-refractivity contribution in [3.05, 3.63) is 261 Å². The molecule has 314 valence electrons. The van der Waals surface area contributed by atoms with Crippen LogP contribution in [0.15, 0.2) is 261 Å². The first-order valence-electron chi connectivity index (χ1n) is 22.8. The Labute approximate surface area is 390 Å². The smallest absolute Gasteiger partial charge is 0.160 e. The largest absolute Gasteiger partial charge is 0.309 e. The van der Waals surface area contributed by atoms with E-state index in [1.54, 1.807) is 0 Å². The van der Waals surface area contributed by atoms with Crippen molar-refractivity contribution in [2.45, 2.75) is 0 Å². The molecule has 0 spiro atoms. The molecule has 0 saturated carbocycles. The van der Waals surface area contributed by atoms with Gasteiger partial charge >= 0.3 is 0 Å². The zero-order chi connectivity index (χ0) is 44.5. The van der Waals surface area contributed by atoms with Gasteiger partial charge in [-0.1, -0.05) is 212 Å². The summed E-state index contributed by atoms with van der Waals surface area (Å²) in [5.41, 5.74) is 20.0. The molecule has 10 aromatic carbocycles. The van der Waals surface area contributed by atoms with Crippen molar-refractivity contribution in [2.24, 2.45) is 0 Å². The predicted molar refractivity (Wildman–Crippen MR) is 280 cm³/mol. The maximum Gasteiger partial charge on any atom is 0.160 e. The maximum absolute atomic E-state index is 5.26. The van der Waals surface area contributed by atoms with Gasteiger partial charge in [-0.05, 0) is 104 Å². The molecule has 0 aliphatic carbocycles. The number of hydrogen-bond donors (Lipinski definition) is 0. The maximum atomic E-state index is 5.26. The Bertz CT molecular complexity index is 3670. The van der Waals surface area contributed by atoms with E-state index in [2.05, 4.69) is 259 Å². The summed E-state index contributed by atoms with van der Waals surface area (Å²) >= 11 is 0. The third-order valence-corrected chi connectivity index (χ3v) is 12.8. The molecular weight excluding hydrogens is 811 g/mol. The molecule has 2 heterocycles. The van der Waals surface area contributed by atoms with Crippen LogP contribution >= 0.6 is 0 Å². The van der Waals surface area contributed by atoms with Crippen molar-refractivity contribution >= 4 is 21.8 Å². The molecule has 0 bridgehead atoms. The van der Waals surface area contributed by atoms with E-state index in [0.717, 1.165) is 67.1 Å².